The van der Waals surface area contributed by atoms with E-state index in [1.54, 1.807) is 0 Å². The van der Waals surface area contributed by atoms with Gasteiger partial charge in [0.15, 0.2) is 0 Å². The van der Waals surface area contributed by atoms with Gasteiger partial charge in [-0.2, -0.15) is 10.5 Å². The maximum Gasteiger partial charge on any atom is 0.125 e. The van der Waals surface area contributed by atoms with Crippen molar-refractivity contribution in [2.24, 2.45) is 5.92 Å². The van der Waals surface area contributed by atoms with Crippen molar-refractivity contribution >= 4 is 36.1 Å². The highest BCUT2D eigenvalue weighted by atomic mass is 127. The molecule has 1 unspecified atom stereocenters. The number of rotatable bonds is 10. The van der Waals surface area contributed by atoms with E-state index in [4.69, 9.17) is 10.00 Å². The van der Waals surface area contributed by atoms with Crippen LogP contribution in [0.4, 0.5) is 0 Å². The zero-order chi connectivity index (χ0) is 22.1. The first kappa shape index (κ1) is 24.1. The molecule has 2 aliphatic heterocycles. The molecule has 1 fully saturated rings. The summed E-state index contributed by atoms with van der Waals surface area (Å²) in [6.45, 7) is 11.3. The van der Waals surface area contributed by atoms with Crippen LogP contribution in [0.5, 0.6) is 0 Å². The van der Waals surface area contributed by atoms with Crippen LogP contribution >= 0.6 is 32.1 Å². The molecule has 166 valence electrons. The molecule has 3 heterocycles. The summed E-state index contributed by atoms with van der Waals surface area (Å²) in [4.78, 5) is 6.72. The fourth-order valence-corrected chi connectivity index (χ4v) is 6.59. The second-order valence-corrected chi connectivity index (χ2v) is 11.4. The Morgan fingerprint density at radius 3 is 2.48 bits per heavy atom. The van der Waals surface area contributed by atoms with E-state index in [2.05, 4.69) is 56.0 Å². The van der Waals surface area contributed by atoms with Crippen molar-refractivity contribution in [3.05, 3.63) is 43.9 Å². The minimum absolute atomic E-state index is 0.0465. The molecule has 0 spiro atoms. The summed E-state index contributed by atoms with van der Waals surface area (Å²) in [5, 5.41) is 19.2. The highest BCUT2D eigenvalue weighted by Gasteiger charge is 2.37. The van der Waals surface area contributed by atoms with Crippen molar-refractivity contribution in [3.8, 4) is 12.1 Å². The summed E-state index contributed by atoms with van der Waals surface area (Å²) in [5.74, 6) is 1.25. The lowest BCUT2D eigenvalue weighted by Gasteiger charge is -2.36. The second-order valence-electron chi connectivity index (χ2n) is 8.27. The molecular weight excluding hydrogens is 519 g/mol. The minimum Gasteiger partial charge on any atom is -0.492 e. The van der Waals surface area contributed by atoms with E-state index in [0.717, 1.165) is 69.4 Å². The van der Waals surface area contributed by atoms with Gasteiger partial charge in [-0.3, -0.25) is 4.90 Å². The number of piperazine rings is 1. The van der Waals surface area contributed by atoms with E-state index in [1.165, 1.54) is 11.3 Å². The highest BCUT2D eigenvalue weighted by Crippen LogP contribution is 2.40. The molecule has 5 nitrogen and oxygen atoms in total. The molecule has 0 saturated carbocycles. The van der Waals surface area contributed by atoms with Crippen LogP contribution in [0.3, 0.4) is 0 Å². The van der Waals surface area contributed by atoms with Crippen LogP contribution in [-0.4, -0.2) is 59.7 Å². The van der Waals surface area contributed by atoms with Gasteiger partial charge in [-0.25, -0.2) is 0 Å². The Hall–Kier alpha value is -1.52. The highest BCUT2D eigenvalue weighted by molar-refractivity contribution is 14.2. The number of hydrogen-bond donors (Lipinski definition) is 0. The van der Waals surface area contributed by atoms with Crippen molar-refractivity contribution < 1.29 is 4.74 Å². The van der Waals surface area contributed by atoms with Gasteiger partial charge in [0.25, 0.3) is 0 Å². The molecule has 1 saturated heterocycles. The van der Waals surface area contributed by atoms with Gasteiger partial charge in [0.1, 0.15) is 23.3 Å². The molecule has 0 radical (unpaired) electrons. The molecule has 1 atom stereocenters. The molecule has 0 aromatic carbocycles. The molecule has 0 N–H and O–H groups in total. The third-order valence-electron chi connectivity index (χ3n) is 6.10. The maximum absolute atomic E-state index is 10.1. The quantitative estimate of drug-likeness (QED) is 0.398. The average molecular weight is 551 g/mol. The predicted molar refractivity (Wildman–Crippen MR) is 137 cm³/mol. The van der Waals surface area contributed by atoms with Crippen LogP contribution in [-0.2, 0) is 10.2 Å². The van der Waals surface area contributed by atoms with Crippen molar-refractivity contribution in [1.29, 1.82) is 10.5 Å². The van der Waals surface area contributed by atoms with Crippen molar-refractivity contribution in [2.45, 2.75) is 32.1 Å². The van der Waals surface area contributed by atoms with Crippen molar-refractivity contribution in [1.82, 2.24) is 9.80 Å². The lowest BCUT2D eigenvalue weighted by atomic mass is 9.73. The summed E-state index contributed by atoms with van der Waals surface area (Å²) in [6, 6.07) is 8.65. The Labute approximate surface area is 200 Å². The number of hydrogen-bond acceptors (Lipinski definition) is 6. The lowest BCUT2D eigenvalue weighted by Crippen LogP contribution is -2.47. The Morgan fingerprint density at radius 2 is 1.90 bits per heavy atom. The van der Waals surface area contributed by atoms with Gasteiger partial charge in [-0.05, 0) is 47.5 Å². The van der Waals surface area contributed by atoms with E-state index < -0.39 is 5.41 Å². The summed E-state index contributed by atoms with van der Waals surface area (Å²) in [6.07, 6.45) is 5.98. The fourth-order valence-electron chi connectivity index (χ4n) is 4.07. The molecule has 31 heavy (non-hydrogen) atoms. The van der Waals surface area contributed by atoms with Crippen molar-refractivity contribution in [2.75, 3.05) is 45.9 Å². The topological polar surface area (TPSA) is 63.3 Å². The Balaban J connectivity index is 1.41. The number of nitriles is 2. The van der Waals surface area contributed by atoms with Crippen LogP contribution in [0, 0.1) is 28.6 Å². The van der Waals surface area contributed by atoms with Gasteiger partial charge in [0.05, 0.1) is 11.5 Å². The smallest absolute Gasteiger partial charge is 0.125 e. The van der Waals surface area contributed by atoms with Crippen LogP contribution < -0.4 is 0 Å². The number of thiophene rings is 1. The van der Waals surface area contributed by atoms with E-state index in [-0.39, 0.29) is 26.6 Å². The fraction of sp³-hybridized carbons (Fsp3) is 0.542. The zero-order valence-electron chi connectivity index (χ0n) is 18.4. The largest absolute Gasteiger partial charge is 0.492 e. The van der Waals surface area contributed by atoms with Crippen LogP contribution in [0.1, 0.15) is 36.4 Å². The third kappa shape index (κ3) is 6.49. The average Bonchev–Trinajstić information content (AvgIpc) is 3.28. The first-order chi connectivity index (χ1) is 15.1. The first-order valence-corrected chi connectivity index (χ1v) is 14.2. The van der Waals surface area contributed by atoms with Gasteiger partial charge < -0.3 is 9.64 Å². The third-order valence-corrected chi connectivity index (χ3v) is 9.08. The van der Waals surface area contributed by atoms with Crippen molar-refractivity contribution in [3.63, 3.8) is 0 Å². The SMILES string of the molecule is CC(C)C(C#N)(CCCN1CCN(CCOC2=CI=CC=C2)CC1)c1ccc(C#N)s1. The minimum atomic E-state index is -0.499. The van der Waals surface area contributed by atoms with Gasteiger partial charge in [0, 0.05) is 41.7 Å². The van der Waals surface area contributed by atoms with Crippen LogP contribution in [0.25, 0.3) is 0 Å². The number of ether oxygens (including phenoxy) is 1. The van der Waals surface area contributed by atoms with Crippen LogP contribution in [0.2, 0.25) is 0 Å². The summed E-state index contributed by atoms with van der Waals surface area (Å²) in [7, 11) is 0. The number of allylic oxidation sites excluding steroid dienone is 2. The normalized spacial score (nSPS) is 19.2. The molecule has 1 aromatic rings. The Bertz CT molecular complexity index is 899. The molecular formula is C24H31IN4OS. The van der Waals surface area contributed by atoms with E-state index >= 15 is 0 Å². The monoisotopic (exact) mass is 550 g/mol. The number of halogens is 1. The van der Waals surface area contributed by atoms with Gasteiger partial charge in [-0.15, -0.1) is 11.3 Å². The predicted octanol–water partition coefficient (Wildman–Crippen LogP) is 4.64. The lowest BCUT2D eigenvalue weighted by molar-refractivity contribution is 0.101. The molecule has 0 amide bonds. The molecule has 2 aliphatic rings. The molecule has 1 aromatic heterocycles. The van der Waals surface area contributed by atoms with Crippen LogP contribution in [0.15, 0.2) is 34.1 Å². The molecule has 7 heteroatoms. The van der Waals surface area contributed by atoms with Gasteiger partial charge in [0.2, 0.25) is 0 Å². The first-order valence-electron chi connectivity index (χ1n) is 10.9. The standard InChI is InChI=1S/C24H31IN4OS/c1-20(2)24(19-27,23-7-6-22(18-26)31-23)8-4-10-28-11-13-29(14-12-28)15-16-30-21-5-3-9-25-17-21/h3,5-7,9,17,20H,4,8,10-16H2,1-2H3. The summed E-state index contributed by atoms with van der Waals surface area (Å²) < 4.78 is 10.3. The Morgan fingerprint density at radius 1 is 1.16 bits per heavy atom. The second kappa shape index (κ2) is 11.9. The maximum atomic E-state index is 10.1. The zero-order valence-corrected chi connectivity index (χ0v) is 21.4. The van der Waals surface area contributed by atoms with E-state index in [9.17, 15) is 5.26 Å². The van der Waals surface area contributed by atoms with Gasteiger partial charge >= 0.3 is 0 Å². The summed E-state index contributed by atoms with van der Waals surface area (Å²) >= 11 is 1.52. The van der Waals surface area contributed by atoms with Gasteiger partial charge in [-0.1, -0.05) is 40.7 Å². The molecule has 0 bridgehead atoms. The summed E-state index contributed by atoms with van der Waals surface area (Å²) in [5.41, 5.74) is -0.499. The Kier molecular flexibility index (Phi) is 9.28. The molecule has 0 aliphatic carbocycles. The van der Waals surface area contributed by atoms with E-state index in [1.807, 2.05) is 12.1 Å². The molecule has 3 rings (SSSR count). The van der Waals surface area contributed by atoms with E-state index in [0.29, 0.717) is 4.88 Å². The number of nitrogens with zero attached hydrogens (tertiary/aromatic N) is 4.